The van der Waals surface area contributed by atoms with Crippen molar-refractivity contribution >= 4 is 17.3 Å². The molecule has 3 rings (SSSR count). The molecule has 0 radical (unpaired) electrons. The molecule has 1 N–H and O–H groups in total. The van der Waals surface area contributed by atoms with Crippen LogP contribution < -0.4 is 10.2 Å². The molecule has 0 saturated heterocycles. The fourth-order valence-electron chi connectivity index (χ4n) is 2.19. The summed E-state index contributed by atoms with van der Waals surface area (Å²) in [5.41, 5.74) is 2.64. The number of carbonyl (C=O) groups excluding carboxylic acids is 1. The van der Waals surface area contributed by atoms with E-state index in [0.29, 0.717) is 12.2 Å². The first-order valence-corrected chi connectivity index (χ1v) is 6.02. The van der Waals surface area contributed by atoms with E-state index in [-0.39, 0.29) is 5.97 Å². The Morgan fingerprint density at radius 2 is 2.39 bits per heavy atom. The van der Waals surface area contributed by atoms with Crippen LogP contribution in [0.15, 0.2) is 42.2 Å². The van der Waals surface area contributed by atoms with Crippen molar-refractivity contribution in [2.24, 2.45) is 0 Å². The largest absolute Gasteiger partial charge is 0.462 e. The fraction of sp³-hybridized carbons (Fsp3) is 0.214. The summed E-state index contributed by atoms with van der Waals surface area (Å²) < 4.78 is 5.02. The highest BCUT2D eigenvalue weighted by Crippen LogP contribution is 2.37. The zero-order valence-electron chi connectivity index (χ0n) is 10.1. The van der Waals surface area contributed by atoms with E-state index in [1.54, 1.807) is 6.07 Å². The lowest BCUT2D eigenvalue weighted by Crippen LogP contribution is -2.22. The van der Waals surface area contributed by atoms with Gasteiger partial charge in [0.1, 0.15) is 5.82 Å². The van der Waals surface area contributed by atoms with Crippen molar-refractivity contribution in [3.63, 3.8) is 0 Å². The minimum absolute atomic E-state index is 0.273. The van der Waals surface area contributed by atoms with Gasteiger partial charge < -0.3 is 15.0 Å². The molecular weight excluding hydrogens is 228 g/mol. The molecule has 2 aliphatic rings. The molecule has 1 aromatic carbocycles. The normalized spacial score (nSPS) is 15.6. The second-order valence-corrected chi connectivity index (χ2v) is 4.17. The first kappa shape index (κ1) is 10.9. The number of allylic oxidation sites excluding steroid dienone is 2. The third-order valence-corrected chi connectivity index (χ3v) is 3.03. The number of hydrogen-bond acceptors (Lipinski definition) is 4. The summed E-state index contributed by atoms with van der Waals surface area (Å²) in [6.07, 6.45) is 6.13. The van der Waals surface area contributed by atoms with Crippen LogP contribution in [0.1, 0.15) is 17.3 Å². The monoisotopic (exact) mass is 242 g/mol. The molecule has 0 fully saturated rings. The molecule has 1 aromatic rings. The van der Waals surface area contributed by atoms with Gasteiger partial charge in [-0.2, -0.15) is 0 Å². The SMILES string of the molecule is CCOC(=O)c1ccc2c(c1)N1CC=CC=C1N2. The highest BCUT2D eigenvalue weighted by atomic mass is 16.5. The molecule has 0 spiro atoms. The van der Waals surface area contributed by atoms with Gasteiger partial charge in [0.05, 0.1) is 23.5 Å². The van der Waals surface area contributed by atoms with Crippen molar-refractivity contribution in [3.8, 4) is 0 Å². The van der Waals surface area contributed by atoms with E-state index in [9.17, 15) is 4.79 Å². The van der Waals surface area contributed by atoms with E-state index in [1.807, 2.05) is 31.2 Å². The number of carbonyl (C=O) groups is 1. The van der Waals surface area contributed by atoms with Crippen molar-refractivity contribution in [1.29, 1.82) is 0 Å². The molecule has 0 atom stereocenters. The average Bonchev–Trinajstić information content (AvgIpc) is 2.76. The standard InChI is InChI=1S/C14H14N2O2/c1-2-18-14(17)10-6-7-11-12(9-10)16-8-4-3-5-13(16)15-11/h3-7,9,15H,2,8H2,1H3. The predicted octanol–water partition coefficient (Wildman–Crippen LogP) is 2.51. The highest BCUT2D eigenvalue weighted by Gasteiger charge is 2.25. The Labute approximate surface area is 106 Å². The zero-order valence-corrected chi connectivity index (χ0v) is 10.1. The van der Waals surface area contributed by atoms with Crippen LogP contribution in [0.3, 0.4) is 0 Å². The molecule has 0 amide bonds. The Kier molecular flexibility index (Phi) is 2.55. The number of ether oxygens (including phenoxy) is 1. The van der Waals surface area contributed by atoms with Crippen LogP contribution in [-0.4, -0.2) is 19.1 Å². The van der Waals surface area contributed by atoms with Gasteiger partial charge in [-0.3, -0.25) is 0 Å². The summed E-state index contributed by atoms with van der Waals surface area (Å²) in [6.45, 7) is 3.02. The van der Waals surface area contributed by atoms with Crippen LogP contribution in [0, 0.1) is 0 Å². The molecular formula is C14H14N2O2. The second kappa shape index (κ2) is 4.22. The summed E-state index contributed by atoms with van der Waals surface area (Å²) in [4.78, 5) is 13.9. The highest BCUT2D eigenvalue weighted by molar-refractivity contribution is 5.94. The molecule has 0 bridgehead atoms. The van der Waals surface area contributed by atoms with E-state index in [4.69, 9.17) is 4.74 Å². The first-order chi connectivity index (χ1) is 8.79. The van der Waals surface area contributed by atoms with Crippen molar-refractivity contribution < 1.29 is 9.53 Å². The van der Waals surface area contributed by atoms with Gasteiger partial charge in [0.25, 0.3) is 0 Å². The van der Waals surface area contributed by atoms with Crippen LogP contribution in [-0.2, 0) is 4.74 Å². The minimum atomic E-state index is -0.273. The first-order valence-electron chi connectivity index (χ1n) is 6.02. The Bertz CT molecular complexity index is 561. The number of hydrogen-bond donors (Lipinski definition) is 1. The van der Waals surface area contributed by atoms with Crippen LogP contribution in [0.5, 0.6) is 0 Å². The van der Waals surface area contributed by atoms with Gasteiger partial charge in [-0.1, -0.05) is 12.2 Å². The Balaban J connectivity index is 1.96. The zero-order chi connectivity index (χ0) is 12.5. The summed E-state index contributed by atoms with van der Waals surface area (Å²) in [5, 5.41) is 3.32. The molecule has 0 aromatic heterocycles. The van der Waals surface area contributed by atoms with Crippen molar-refractivity contribution in [3.05, 3.63) is 47.8 Å². The lowest BCUT2D eigenvalue weighted by molar-refractivity contribution is 0.0526. The maximum absolute atomic E-state index is 11.7. The molecule has 4 heteroatoms. The van der Waals surface area contributed by atoms with Crippen LogP contribution in [0.4, 0.5) is 11.4 Å². The quantitative estimate of drug-likeness (QED) is 0.809. The number of rotatable bonds is 2. The molecule has 0 saturated carbocycles. The van der Waals surface area contributed by atoms with E-state index in [0.717, 1.165) is 23.7 Å². The Morgan fingerprint density at radius 1 is 1.50 bits per heavy atom. The van der Waals surface area contributed by atoms with Gasteiger partial charge in [0, 0.05) is 6.54 Å². The summed E-state index contributed by atoms with van der Waals surface area (Å²) in [7, 11) is 0. The number of esters is 1. The lowest BCUT2D eigenvalue weighted by Gasteiger charge is -2.20. The maximum atomic E-state index is 11.7. The third-order valence-electron chi connectivity index (χ3n) is 3.03. The number of nitrogens with zero attached hydrogens (tertiary/aromatic N) is 1. The summed E-state index contributed by atoms with van der Waals surface area (Å²) in [5.74, 6) is 0.777. The van der Waals surface area contributed by atoms with Gasteiger partial charge in [0.2, 0.25) is 0 Å². The predicted molar refractivity (Wildman–Crippen MR) is 70.6 cm³/mol. The molecule has 0 unspecified atom stereocenters. The van der Waals surface area contributed by atoms with E-state index >= 15 is 0 Å². The van der Waals surface area contributed by atoms with Crippen molar-refractivity contribution in [2.45, 2.75) is 6.92 Å². The topological polar surface area (TPSA) is 41.6 Å². The molecule has 4 nitrogen and oxygen atoms in total. The Hall–Kier alpha value is -2.23. The average molecular weight is 242 g/mol. The number of fused-ring (bicyclic) bond motifs is 3. The van der Waals surface area contributed by atoms with Gasteiger partial charge in [0.15, 0.2) is 0 Å². The van der Waals surface area contributed by atoms with Gasteiger partial charge in [-0.05, 0) is 31.2 Å². The van der Waals surface area contributed by atoms with Crippen LogP contribution >= 0.6 is 0 Å². The number of nitrogens with one attached hydrogen (secondary N) is 1. The van der Waals surface area contributed by atoms with Crippen molar-refractivity contribution in [2.75, 3.05) is 23.4 Å². The fourth-order valence-corrected chi connectivity index (χ4v) is 2.19. The van der Waals surface area contributed by atoms with E-state index in [1.165, 1.54) is 0 Å². The van der Waals surface area contributed by atoms with Crippen LogP contribution in [0.2, 0.25) is 0 Å². The molecule has 0 aliphatic carbocycles. The smallest absolute Gasteiger partial charge is 0.338 e. The molecule has 18 heavy (non-hydrogen) atoms. The van der Waals surface area contributed by atoms with Crippen LogP contribution in [0.25, 0.3) is 0 Å². The second-order valence-electron chi connectivity index (χ2n) is 4.17. The lowest BCUT2D eigenvalue weighted by atomic mass is 10.1. The minimum Gasteiger partial charge on any atom is -0.462 e. The van der Waals surface area contributed by atoms with Crippen molar-refractivity contribution in [1.82, 2.24) is 0 Å². The molecule has 92 valence electrons. The van der Waals surface area contributed by atoms with E-state index in [2.05, 4.69) is 16.3 Å². The van der Waals surface area contributed by atoms with Gasteiger partial charge in [-0.15, -0.1) is 0 Å². The summed E-state index contributed by atoms with van der Waals surface area (Å²) in [6, 6.07) is 5.58. The third kappa shape index (κ3) is 1.66. The number of benzene rings is 1. The Morgan fingerprint density at radius 3 is 3.22 bits per heavy atom. The van der Waals surface area contributed by atoms with E-state index < -0.39 is 0 Å². The maximum Gasteiger partial charge on any atom is 0.338 e. The van der Waals surface area contributed by atoms with Gasteiger partial charge in [-0.25, -0.2) is 4.79 Å². The molecule has 2 aliphatic heterocycles. The number of anilines is 2. The molecule has 2 heterocycles. The van der Waals surface area contributed by atoms with Gasteiger partial charge >= 0.3 is 5.97 Å². The summed E-state index contributed by atoms with van der Waals surface area (Å²) >= 11 is 0.